The molecule has 1 amide bonds. The van der Waals surface area contributed by atoms with E-state index < -0.39 is 0 Å². The Kier molecular flexibility index (Phi) is 5.90. The van der Waals surface area contributed by atoms with Crippen molar-refractivity contribution in [3.8, 4) is 0 Å². The molecule has 0 aliphatic carbocycles. The number of carbonyl (C=O) groups is 1. The maximum atomic E-state index is 13.0. The van der Waals surface area contributed by atoms with E-state index in [4.69, 9.17) is 4.84 Å². The van der Waals surface area contributed by atoms with Crippen LogP contribution in [0.2, 0.25) is 0 Å². The van der Waals surface area contributed by atoms with Gasteiger partial charge in [-0.2, -0.15) is 0 Å². The Morgan fingerprint density at radius 1 is 1.48 bits per heavy atom. The molecule has 0 bridgehead atoms. The maximum Gasteiger partial charge on any atom is 0.223 e. The Labute approximate surface area is 136 Å². The summed E-state index contributed by atoms with van der Waals surface area (Å²) >= 11 is 0. The van der Waals surface area contributed by atoms with Crippen LogP contribution in [-0.4, -0.2) is 35.7 Å². The molecule has 0 radical (unpaired) electrons. The number of hydrogen-bond acceptors (Lipinski definition) is 3. The van der Waals surface area contributed by atoms with Crippen LogP contribution in [0.3, 0.4) is 0 Å². The molecule has 1 unspecified atom stereocenters. The molecule has 1 heterocycles. The van der Waals surface area contributed by atoms with E-state index in [-0.39, 0.29) is 17.8 Å². The van der Waals surface area contributed by atoms with Crippen LogP contribution in [0.1, 0.15) is 32.3 Å². The first kappa shape index (κ1) is 17.2. The first-order valence-electron chi connectivity index (χ1n) is 7.87. The highest BCUT2D eigenvalue weighted by molar-refractivity contribution is 6.01. The number of nitrogens with zero attached hydrogens (tertiary/aromatic N) is 2. The van der Waals surface area contributed by atoms with Gasteiger partial charge in [0, 0.05) is 19.4 Å². The molecule has 1 aromatic rings. The summed E-state index contributed by atoms with van der Waals surface area (Å²) in [5.74, 6) is 0.130. The molecule has 2 rings (SSSR count). The van der Waals surface area contributed by atoms with Crippen molar-refractivity contribution >= 4 is 11.6 Å². The van der Waals surface area contributed by atoms with Crippen LogP contribution < -0.4 is 0 Å². The summed E-state index contributed by atoms with van der Waals surface area (Å²) in [7, 11) is 0. The summed E-state index contributed by atoms with van der Waals surface area (Å²) in [4.78, 5) is 19.5. The Morgan fingerprint density at radius 3 is 2.78 bits per heavy atom. The van der Waals surface area contributed by atoms with Gasteiger partial charge in [-0.15, -0.1) is 6.58 Å². The zero-order valence-corrected chi connectivity index (χ0v) is 13.7. The minimum atomic E-state index is -0.277. The van der Waals surface area contributed by atoms with Gasteiger partial charge in [-0.1, -0.05) is 37.2 Å². The molecule has 0 fully saturated rings. The summed E-state index contributed by atoms with van der Waals surface area (Å²) in [6.07, 6.45) is 2.65. The van der Waals surface area contributed by atoms with Crippen LogP contribution in [0.15, 0.2) is 42.1 Å². The van der Waals surface area contributed by atoms with E-state index in [9.17, 15) is 9.18 Å². The molecule has 23 heavy (non-hydrogen) atoms. The summed E-state index contributed by atoms with van der Waals surface area (Å²) in [5.41, 5.74) is 1.63. The van der Waals surface area contributed by atoms with Crippen molar-refractivity contribution in [1.29, 1.82) is 0 Å². The van der Waals surface area contributed by atoms with Crippen LogP contribution >= 0.6 is 0 Å². The van der Waals surface area contributed by atoms with Gasteiger partial charge < -0.3 is 9.74 Å². The number of halogens is 1. The predicted molar refractivity (Wildman–Crippen MR) is 88.7 cm³/mol. The van der Waals surface area contributed by atoms with E-state index in [0.717, 1.165) is 11.3 Å². The van der Waals surface area contributed by atoms with E-state index in [2.05, 4.69) is 11.7 Å². The molecule has 0 saturated heterocycles. The molecule has 1 aliphatic rings. The van der Waals surface area contributed by atoms with Crippen LogP contribution in [-0.2, 0) is 9.63 Å². The highest BCUT2D eigenvalue weighted by atomic mass is 19.1. The van der Waals surface area contributed by atoms with Crippen LogP contribution in [0.5, 0.6) is 0 Å². The zero-order chi connectivity index (χ0) is 16.8. The van der Waals surface area contributed by atoms with Gasteiger partial charge in [-0.05, 0) is 23.6 Å². The minimum absolute atomic E-state index is 0.0960. The minimum Gasteiger partial charge on any atom is -0.390 e. The Morgan fingerprint density at radius 2 is 2.17 bits per heavy atom. The topological polar surface area (TPSA) is 41.9 Å². The molecule has 0 N–H and O–H groups in total. The average Bonchev–Trinajstić information content (AvgIpc) is 2.95. The predicted octanol–water partition coefficient (Wildman–Crippen LogP) is 3.38. The van der Waals surface area contributed by atoms with Crippen molar-refractivity contribution in [2.24, 2.45) is 11.1 Å². The van der Waals surface area contributed by atoms with Crippen LogP contribution in [0.25, 0.3) is 0 Å². The van der Waals surface area contributed by atoms with Gasteiger partial charge >= 0.3 is 0 Å². The lowest BCUT2D eigenvalue weighted by Crippen LogP contribution is -2.38. The van der Waals surface area contributed by atoms with Gasteiger partial charge in [-0.3, -0.25) is 4.79 Å². The molecule has 4 nitrogen and oxygen atoms in total. The Hall–Kier alpha value is -2.17. The fraction of sp³-hybridized carbons (Fsp3) is 0.444. The average molecular weight is 318 g/mol. The molecular formula is C18H23FN2O2. The molecule has 5 heteroatoms. The van der Waals surface area contributed by atoms with Crippen molar-refractivity contribution in [2.75, 3.05) is 13.1 Å². The third-order valence-corrected chi connectivity index (χ3v) is 3.62. The van der Waals surface area contributed by atoms with Gasteiger partial charge in [0.25, 0.3) is 0 Å². The molecular weight excluding hydrogens is 295 g/mol. The monoisotopic (exact) mass is 318 g/mol. The molecule has 1 atom stereocenters. The first-order valence-corrected chi connectivity index (χ1v) is 7.87. The normalized spacial score (nSPS) is 16.9. The first-order chi connectivity index (χ1) is 11.0. The smallest absolute Gasteiger partial charge is 0.223 e. The highest BCUT2D eigenvalue weighted by Gasteiger charge is 2.26. The van der Waals surface area contributed by atoms with E-state index in [1.807, 2.05) is 13.8 Å². The third-order valence-electron chi connectivity index (χ3n) is 3.62. The standard InChI is InChI=1S/C18H23FN2O2/c1-4-9-21(18(22)10-13(2)3)12-16-11-17(20-23-16)14-5-7-15(19)8-6-14/h4-8,13,16H,1,9-12H2,2-3H3. The summed E-state index contributed by atoms with van der Waals surface area (Å²) in [5, 5.41) is 4.08. The molecule has 0 spiro atoms. The van der Waals surface area contributed by atoms with Gasteiger partial charge in [-0.25, -0.2) is 4.39 Å². The summed E-state index contributed by atoms with van der Waals surface area (Å²) in [6, 6.07) is 6.18. The number of oxime groups is 1. The van der Waals surface area contributed by atoms with E-state index >= 15 is 0 Å². The molecule has 0 saturated carbocycles. The second-order valence-corrected chi connectivity index (χ2v) is 6.16. The number of carbonyl (C=O) groups excluding carboxylic acids is 1. The van der Waals surface area contributed by atoms with Gasteiger partial charge in [0.1, 0.15) is 5.82 Å². The zero-order valence-electron chi connectivity index (χ0n) is 13.7. The van der Waals surface area contributed by atoms with Gasteiger partial charge in [0.2, 0.25) is 5.91 Å². The third kappa shape index (κ3) is 4.91. The largest absolute Gasteiger partial charge is 0.390 e. The molecule has 0 aromatic heterocycles. The second kappa shape index (κ2) is 7.90. The molecule has 1 aromatic carbocycles. The van der Waals surface area contributed by atoms with E-state index in [1.165, 1.54) is 12.1 Å². The molecule has 1 aliphatic heterocycles. The number of amides is 1. The van der Waals surface area contributed by atoms with E-state index in [0.29, 0.717) is 31.8 Å². The van der Waals surface area contributed by atoms with Crippen LogP contribution in [0, 0.1) is 11.7 Å². The Balaban J connectivity index is 1.94. The quantitative estimate of drug-likeness (QED) is 0.723. The number of benzene rings is 1. The van der Waals surface area contributed by atoms with Crippen molar-refractivity contribution < 1.29 is 14.0 Å². The summed E-state index contributed by atoms with van der Waals surface area (Å²) in [6.45, 7) is 8.72. The molecule has 124 valence electrons. The fourth-order valence-corrected chi connectivity index (χ4v) is 2.50. The Bertz CT molecular complexity index is 581. The van der Waals surface area contributed by atoms with Crippen molar-refractivity contribution in [3.63, 3.8) is 0 Å². The fourth-order valence-electron chi connectivity index (χ4n) is 2.50. The maximum absolute atomic E-state index is 13.0. The van der Waals surface area contributed by atoms with Crippen LogP contribution in [0.4, 0.5) is 4.39 Å². The lowest BCUT2D eigenvalue weighted by Gasteiger charge is -2.24. The number of rotatable bonds is 7. The van der Waals surface area contributed by atoms with Crippen molar-refractivity contribution in [1.82, 2.24) is 4.90 Å². The highest BCUT2D eigenvalue weighted by Crippen LogP contribution is 2.18. The van der Waals surface area contributed by atoms with Gasteiger partial charge in [0.15, 0.2) is 6.10 Å². The summed E-state index contributed by atoms with van der Waals surface area (Å²) < 4.78 is 13.0. The number of hydrogen-bond donors (Lipinski definition) is 0. The van der Waals surface area contributed by atoms with Crippen molar-refractivity contribution in [2.45, 2.75) is 32.8 Å². The second-order valence-electron chi connectivity index (χ2n) is 6.16. The lowest BCUT2D eigenvalue weighted by atomic mass is 10.0. The van der Waals surface area contributed by atoms with Gasteiger partial charge in [0.05, 0.1) is 12.3 Å². The van der Waals surface area contributed by atoms with E-state index in [1.54, 1.807) is 23.1 Å². The lowest BCUT2D eigenvalue weighted by molar-refractivity contribution is -0.133. The SMILES string of the molecule is C=CCN(CC1CC(c2ccc(F)cc2)=NO1)C(=O)CC(C)C. The van der Waals surface area contributed by atoms with Crippen molar-refractivity contribution in [3.05, 3.63) is 48.3 Å².